The Morgan fingerprint density at radius 3 is 1.86 bits per heavy atom. The summed E-state index contributed by atoms with van der Waals surface area (Å²) in [4.78, 5) is 0. The minimum atomic E-state index is 0.439. The average molecular weight is 377 g/mol. The lowest BCUT2D eigenvalue weighted by Gasteiger charge is -2.48. The molecule has 1 unspecified atom stereocenters. The molecule has 0 bridgehead atoms. The summed E-state index contributed by atoms with van der Waals surface area (Å²) in [5.41, 5.74) is 2.82. The fourth-order valence-corrected chi connectivity index (χ4v) is 5.18. The molecule has 2 aromatic carbocycles. The molecule has 2 aliphatic rings. The van der Waals surface area contributed by atoms with Gasteiger partial charge in [0, 0.05) is 12.6 Å². The second-order valence-electron chi connectivity index (χ2n) is 8.62. The van der Waals surface area contributed by atoms with Crippen molar-refractivity contribution in [1.82, 2.24) is 5.01 Å². The molecule has 2 aromatic rings. The first-order valence-corrected chi connectivity index (χ1v) is 11.6. The second-order valence-corrected chi connectivity index (χ2v) is 8.62. The predicted molar refractivity (Wildman–Crippen MR) is 119 cm³/mol. The number of rotatable bonds is 3. The van der Waals surface area contributed by atoms with Crippen LogP contribution in [-0.4, -0.2) is 17.6 Å². The summed E-state index contributed by atoms with van der Waals surface area (Å²) in [5, 5.41) is 5.48. The van der Waals surface area contributed by atoms with Gasteiger partial charge in [0.05, 0.1) is 11.7 Å². The van der Waals surface area contributed by atoms with E-state index in [0.29, 0.717) is 12.1 Å². The van der Waals surface area contributed by atoms with Crippen molar-refractivity contribution in [2.24, 2.45) is 0 Å². The van der Waals surface area contributed by atoms with E-state index in [0.717, 1.165) is 0 Å². The number of para-hydroxylation sites is 1. The Balaban J connectivity index is 1.71. The summed E-state index contributed by atoms with van der Waals surface area (Å²) in [7, 11) is 0. The lowest BCUT2D eigenvalue weighted by Crippen LogP contribution is -2.52. The highest BCUT2D eigenvalue weighted by Crippen LogP contribution is 2.37. The van der Waals surface area contributed by atoms with E-state index in [-0.39, 0.29) is 0 Å². The fourth-order valence-electron chi connectivity index (χ4n) is 5.18. The third kappa shape index (κ3) is 4.78. The van der Waals surface area contributed by atoms with Gasteiger partial charge in [-0.2, -0.15) is 0 Å². The van der Waals surface area contributed by atoms with Crippen LogP contribution >= 0.6 is 0 Å². The normalized spacial score (nSPS) is 23.4. The molecule has 1 heterocycles. The molecule has 28 heavy (non-hydrogen) atoms. The van der Waals surface area contributed by atoms with Crippen LogP contribution in [-0.2, 0) is 0 Å². The van der Waals surface area contributed by atoms with E-state index >= 15 is 0 Å². The third-order valence-corrected chi connectivity index (χ3v) is 6.64. The van der Waals surface area contributed by atoms with Crippen LogP contribution in [0.2, 0.25) is 0 Å². The Bertz CT molecular complexity index is 676. The predicted octanol–water partition coefficient (Wildman–Crippen LogP) is 7.14. The van der Waals surface area contributed by atoms with Crippen molar-refractivity contribution in [2.45, 2.75) is 82.7 Å². The fraction of sp³-hybridized carbons (Fsp3) is 0.538. The summed E-state index contributed by atoms with van der Waals surface area (Å²) >= 11 is 0. The number of nitrogens with zero attached hydrogens (tertiary/aromatic N) is 2. The number of hydrogen-bond acceptors (Lipinski definition) is 2. The molecule has 1 saturated heterocycles. The van der Waals surface area contributed by atoms with Gasteiger partial charge in [0.15, 0.2) is 0 Å². The highest BCUT2D eigenvalue weighted by Gasteiger charge is 2.32. The smallest absolute Gasteiger partial charge is 0.0707 e. The number of hydrazine groups is 1. The van der Waals surface area contributed by atoms with Crippen molar-refractivity contribution in [1.29, 1.82) is 0 Å². The summed E-state index contributed by atoms with van der Waals surface area (Å²) in [6, 6.07) is 23.5. The van der Waals surface area contributed by atoms with E-state index in [1.54, 1.807) is 0 Å². The molecule has 2 fully saturated rings. The molecule has 1 atom stereocenters. The number of hydrogen-bond donors (Lipinski definition) is 0. The summed E-state index contributed by atoms with van der Waals surface area (Å²) in [5.74, 6) is 0. The summed E-state index contributed by atoms with van der Waals surface area (Å²) in [6.07, 6.45) is 15.0. The average Bonchev–Trinajstić information content (AvgIpc) is 2.70. The van der Waals surface area contributed by atoms with E-state index in [2.05, 4.69) is 70.7 Å². The van der Waals surface area contributed by atoms with Gasteiger partial charge in [0.2, 0.25) is 0 Å². The third-order valence-electron chi connectivity index (χ3n) is 6.64. The first-order chi connectivity index (χ1) is 13.9. The molecule has 0 aromatic heterocycles. The molecule has 2 nitrogen and oxygen atoms in total. The van der Waals surface area contributed by atoms with E-state index < -0.39 is 0 Å². The molecule has 1 aliphatic heterocycles. The van der Waals surface area contributed by atoms with E-state index in [1.807, 2.05) is 0 Å². The van der Waals surface area contributed by atoms with Crippen molar-refractivity contribution in [2.75, 3.05) is 11.6 Å². The second kappa shape index (κ2) is 10.1. The Kier molecular flexibility index (Phi) is 7.05. The maximum atomic E-state index is 2.79. The van der Waals surface area contributed by atoms with Gasteiger partial charge < -0.3 is 0 Å². The van der Waals surface area contributed by atoms with Crippen molar-refractivity contribution in [3.05, 3.63) is 66.2 Å². The van der Waals surface area contributed by atoms with Gasteiger partial charge >= 0.3 is 0 Å². The van der Waals surface area contributed by atoms with Gasteiger partial charge in [-0.05, 0) is 43.4 Å². The van der Waals surface area contributed by atoms with Crippen LogP contribution in [0.5, 0.6) is 0 Å². The first-order valence-electron chi connectivity index (χ1n) is 11.6. The molecule has 4 rings (SSSR count). The molecular weight excluding hydrogens is 340 g/mol. The quantitative estimate of drug-likeness (QED) is 0.562. The monoisotopic (exact) mass is 376 g/mol. The Morgan fingerprint density at radius 1 is 0.571 bits per heavy atom. The Labute approximate surface area is 171 Å². The lowest BCUT2D eigenvalue weighted by atomic mass is 9.94. The minimum absolute atomic E-state index is 0.439. The van der Waals surface area contributed by atoms with Crippen LogP contribution < -0.4 is 5.01 Å². The van der Waals surface area contributed by atoms with Crippen molar-refractivity contribution in [3.8, 4) is 0 Å². The van der Waals surface area contributed by atoms with Crippen LogP contribution in [0.3, 0.4) is 0 Å². The summed E-state index contributed by atoms with van der Waals surface area (Å²) < 4.78 is 0. The van der Waals surface area contributed by atoms with Gasteiger partial charge in [-0.25, -0.2) is 5.01 Å². The molecule has 2 heteroatoms. The van der Waals surface area contributed by atoms with Crippen LogP contribution in [0.1, 0.15) is 82.2 Å². The highest BCUT2D eigenvalue weighted by atomic mass is 15.6. The lowest BCUT2D eigenvalue weighted by molar-refractivity contribution is 0.119. The molecule has 0 amide bonds. The maximum absolute atomic E-state index is 2.79. The molecule has 1 aliphatic carbocycles. The standard InChI is InChI=1S/C26H36N2/c1-2-9-17-24(18-10-3-1)27-22-14-6-13-21-26(23-15-7-4-8-16-23)28(27)25-19-11-5-12-20-25/h4-5,7-8,11-12,15-16,19-20,24,26H,1-3,6,9-10,13-14,17-18,21-22H2. The van der Waals surface area contributed by atoms with Gasteiger partial charge in [0.25, 0.3) is 0 Å². The van der Waals surface area contributed by atoms with Crippen molar-refractivity contribution < 1.29 is 0 Å². The van der Waals surface area contributed by atoms with E-state index in [1.165, 1.54) is 88.4 Å². The van der Waals surface area contributed by atoms with Gasteiger partial charge in [-0.3, -0.25) is 5.01 Å². The largest absolute Gasteiger partial charge is 0.298 e. The van der Waals surface area contributed by atoms with Crippen LogP contribution in [0.15, 0.2) is 60.7 Å². The van der Waals surface area contributed by atoms with Crippen LogP contribution in [0.4, 0.5) is 5.69 Å². The Morgan fingerprint density at radius 2 is 1.14 bits per heavy atom. The van der Waals surface area contributed by atoms with Crippen LogP contribution in [0, 0.1) is 0 Å². The molecule has 0 radical (unpaired) electrons. The van der Waals surface area contributed by atoms with E-state index in [4.69, 9.17) is 0 Å². The SMILES string of the molecule is c1ccc(C2CCCCCN(C3CCCCCCC3)N2c2ccccc2)cc1. The zero-order valence-electron chi connectivity index (χ0n) is 17.3. The topological polar surface area (TPSA) is 6.48 Å². The van der Waals surface area contributed by atoms with Gasteiger partial charge in [0.1, 0.15) is 0 Å². The zero-order chi connectivity index (χ0) is 19.0. The molecule has 0 spiro atoms. The minimum Gasteiger partial charge on any atom is -0.298 e. The molecular formula is C26H36N2. The zero-order valence-corrected chi connectivity index (χ0v) is 17.3. The van der Waals surface area contributed by atoms with Crippen molar-refractivity contribution in [3.63, 3.8) is 0 Å². The highest BCUT2D eigenvalue weighted by molar-refractivity contribution is 5.48. The van der Waals surface area contributed by atoms with Gasteiger partial charge in [-0.1, -0.05) is 93.5 Å². The summed E-state index contributed by atoms with van der Waals surface area (Å²) in [6.45, 7) is 1.20. The van der Waals surface area contributed by atoms with E-state index in [9.17, 15) is 0 Å². The maximum Gasteiger partial charge on any atom is 0.0707 e. The number of anilines is 1. The van der Waals surface area contributed by atoms with Crippen molar-refractivity contribution >= 4 is 5.69 Å². The van der Waals surface area contributed by atoms with Gasteiger partial charge in [-0.15, -0.1) is 0 Å². The molecule has 150 valence electrons. The number of benzene rings is 2. The van der Waals surface area contributed by atoms with Crippen LogP contribution in [0.25, 0.3) is 0 Å². The molecule has 0 N–H and O–H groups in total. The molecule has 1 saturated carbocycles. The first kappa shape index (κ1) is 19.5. The Hall–Kier alpha value is -1.80.